The molecule has 0 atom stereocenters. The van der Waals surface area contributed by atoms with E-state index in [1.807, 2.05) is 6.07 Å². The number of hydrogen-bond acceptors (Lipinski definition) is 3. The summed E-state index contributed by atoms with van der Waals surface area (Å²) in [5, 5.41) is 0. The molecule has 1 saturated heterocycles. The van der Waals surface area contributed by atoms with Crippen molar-refractivity contribution in [2.75, 3.05) is 23.9 Å². The molecule has 0 unspecified atom stereocenters. The monoisotopic (exact) mass is 280 g/mol. The van der Waals surface area contributed by atoms with Gasteiger partial charge in [0.2, 0.25) is 0 Å². The number of carbonyl (C=O) groups is 1. The average Bonchev–Trinajstić information content (AvgIpc) is 2.92. The van der Waals surface area contributed by atoms with Crippen LogP contribution >= 0.6 is 11.6 Å². The second-order valence-electron chi connectivity index (χ2n) is 4.50. The van der Waals surface area contributed by atoms with Crippen LogP contribution in [0.5, 0.6) is 0 Å². The molecule has 1 fully saturated rings. The maximum absolute atomic E-state index is 11.5. The Kier molecular flexibility index (Phi) is 4.27. The Hall–Kier alpha value is -1.75. The number of rotatable bonds is 4. The molecular formula is C13H17ClN4O. The maximum atomic E-state index is 11.5. The Morgan fingerprint density at radius 2 is 2.00 bits per heavy atom. The summed E-state index contributed by atoms with van der Waals surface area (Å²) in [6.45, 7) is 1.86. The van der Waals surface area contributed by atoms with E-state index >= 15 is 0 Å². The highest BCUT2D eigenvalue weighted by molar-refractivity contribution is 6.28. The first-order valence-corrected chi connectivity index (χ1v) is 6.73. The van der Waals surface area contributed by atoms with Crippen LogP contribution < -0.4 is 16.4 Å². The first-order chi connectivity index (χ1) is 9.11. The fourth-order valence-electron chi connectivity index (χ4n) is 2.21. The number of carbonyl (C=O) groups excluding carboxylic acids is 1. The Bertz CT molecular complexity index is 509. The average molecular weight is 281 g/mol. The van der Waals surface area contributed by atoms with Crippen molar-refractivity contribution in [2.45, 2.75) is 12.8 Å². The molecule has 102 valence electrons. The number of nitrogens with two attached hydrogens (primary N) is 2. The number of aliphatic imine (C=N–C) groups is 1. The predicted molar refractivity (Wildman–Crippen MR) is 78.4 cm³/mol. The van der Waals surface area contributed by atoms with E-state index in [0.29, 0.717) is 17.1 Å². The standard InChI is InChI=1S/C13H17ClN4O/c14-8-12(15)17-9-3-4-10(13(16)19)11(7-9)18-5-1-2-6-18/h3-4,7H,1-2,5-6,8H2,(H2,15,17)(H2,16,19). The Balaban J connectivity index is 2.40. The lowest BCUT2D eigenvalue weighted by Gasteiger charge is -2.20. The Labute approximate surface area is 117 Å². The summed E-state index contributed by atoms with van der Waals surface area (Å²) in [5.41, 5.74) is 13.1. The number of hydrogen-bond donors (Lipinski definition) is 2. The van der Waals surface area contributed by atoms with E-state index in [2.05, 4.69) is 9.89 Å². The molecule has 19 heavy (non-hydrogen) atoms. The van der Waals surface area contributed by atoms with E-state index in [1.54, 1.807) is 12.1 Å². The minimum absolute atomic E-state index is 0.177. The molecule has 0 saturated carbocycles. The fourth-order valence-corrected chi connectivity index (χ4v) is 2.27. The summed E-state index contributed by atoms with van der Waals surface area (Å²) in [6, 6.07) is 5.25. The van der Waals surface area contributed by atoms with Gasteiger partial charge < -0.3 is 16.4 Å². The largest absolute Gasteiger partial charge is 0.386 e. The topological polar surface area (TPSA) is 84.7 Å². The third-order valence-corrected chi connectivity index (χ3v) is 3.38. The molecule has 0 spiro atoms. The van der Waals surface area contributed by atoms with Crippen LogP contribution in [0.4, 0.5) is 11.4 Å². The lowest BCUT2D eigenvalue weighted by molar-refractivity contribution is 0.100. The van der Waals surface area contributed by atoms with Crippen molar-refractivity contribution in [2.24, 2.45) is 16.5 Å². The zero-order chi connectivity index (χ0) is 13.8. The Morgan fingerprint density at radius 3 is 2.58 bits per heavy atom. The van der Waals surface area contributed by atoms with E-state index in [1.165, 1.54) is 0 Å². The smallest absolute Gasteiger partial charge is 0.250 e. The van der Waals surface area contributed by atoms with Gasteiger partial charge in [-0.25, -0.2) is 4.99 Å². The zero-order valence-electron chi connectivity index (χ0n) is 10.6. The highest BCUT2D eigenvalue weighted by Crippen LogP contribution is 2.29. The summed E-state index contributed by atoms with van der Waals surface area (Å²) in [5.74, 6) is 0.0972. The number of primary amides is 1. The molecule has 1 aliphatic rings. The Morgan fingerprint density at radius 1 is 1.32 bits per heavy atom. The van der Waals surface area contributed by atoms with Crippen LogP contribution in [0.1, 0.15) is 23.2 Å². The summed E-state index contributed by atoms with van der Waals surface area (Å²) in [6.07, 6.45) is 2.24. The number of anilines is 1. The van der Waals surface area contributed by atoms with Crippen LogP contribution in [-0.4, -0.2) is 30.7 Å². The van der Waals surface area contributed by atoms with Crippen LogP contribution in [0.15, 0.2) is 23.2 Å². The van der Waals surface area contributed by atoms with Gasteiger partial charge in [-0.2, -0.15) is 0 Å². The van der Waals surface area contributed by atoms with E-state index in [0.717, 1.165) is 31.6 Å². The minimum atomic E-state index is -0.428. The van der Waals surface area contributed by atoms with Crippen molar-refractivity contribution in [3.63, 3.8) is 0 Å². The van der Waals surface area contributed by atoms with Gasteiger partial charge >= 0.3 is 0 Å². The van der Waals surface area contributed by atoms with Crippen LogP contribution in [-0.2, 0) is 0 Å². The third-order valence-electron chi connectivity index (χ3n) is 3.10. The second-order valence-corrected chi connectivity index (χ2v) is 4.76. The summed E-state index contributed by atoms with van der Waals surface area (Å²) >= 11 is 5.61. The lowest BCUT2D eigenvalue weighted by Crippen LogP contribution is -2.23. The highest BCUT2D eigenvalue weighted by atomic mass is 35.5. The van der Waals surface area contributed by atoms with Crippen LogP contribution in [0.25, 0.3) is 0 Å². The van der Waals surface area contributed by atoms with E-state index < -0.39 is 5.91 Å². The minimum Gasteiger partial charge on any atom is -0.386 e. The first kappa shape index (κ1) is 13.7. The molecule has 4 N–H and O–H groups in total. The van der Waals surface area contributed by atoms with Crippen LogP contribution in [0.3, 0.4) is 0 Å². The predicted octanol–water partition coefficient (Wildman–Crippen LogP) is 1.61. The summed E-state index contributed by atoms with van der Waals surface area (Å²) in [7, 11) is 0. The van der Waals surface area contributed by atoms with Gasteiger partial charge in [0, 0.05) is 13.1 Å². The molecule has 1 aromatic rings. The first-order valence-electron chi connectivity index (χ1n) is 6.19. The van der Waals surface area contributed by atoms with Gasteiger partial charge in [-0.15, -0.1) is 11.6 Å². The van der Waals surface area contributed by atoms with Crippen molar-refractivity contribution in [1.82, 2.24) is 0 Å². The molecule has 5 nitrogen and oxygen atoms in total. The number of halogens is 1. The normalized spacial score (nSPS) is 15.8. The molecular weight excluding hydrogens is 264 g/mol. The quantitative estimate of drug-likeness (QED) is 0.499. The summed E-state index contributed by atoms with van der Waals surface area (Å²) in [4.78, 5) is 17.8. The number of nitrogens with zero attached hydrogens (tertiary/aromatic N) is 2. The summed E-state index contributed by atoms with van der Waals surface area (Å²) < 4.78 is 0. The van der Waals surface area contributed by atoms with Crippen LogP contribution in [0, 0.1) is 0 Å². The van der Waals surface area contributed by atoms with Crippen LogP contribution in [0.2, 0.25) is 0 Å². The molecule has 0 aromatic heterocycles. The van der Waals surface area contributed by atoms with Gasteiger partial charge in [0.15, 0.2) is 0 Å². The SMILES string of the molecule is NC(=O)c1ccc(N=C(N)CCl)cc1N1CCCC1. The third kappa shape index (κ3) is 3.17. The van der Waals surface area contributed by atoms with Gasteiger partial charge in [-0.1, -0.05) is 0 Å². The number of benzene rings is 1. The van der Waals surface area contributed by atoms with E-state index in [9.17, 15) is 4.79 Å². The molecule has 1 aromatic carbocycles. The van der Waals surface area contributed by atoms with E-state index in [4.69, 9.17) is 23.1 Å². The van der Waals surface area contributed by atoms with Crippen molar-refractivity contribution in [1.29, 1.82) is 0 Å². The molecule has 6 heteroatoms. The highest BCUT2D eigenvalue weighted by Gasteiger charge is 2.18. The fraction of sp³-hybridized carbons (Fsp3) is 0.385. The second kappa shape index (κ2) is 5.93. The molecule has 1 aliphatic heterocycles. The van der Waals surface area contributed by atoms with Crippen molar-refractivity contribution in [3.05, 3.63) is 23.8 Å². The van der Waals surface area contributed by atoms with Gasteiger partial charge in [0.05, 0.1) is 22.8 Å². The van der Waals surface area contributed by atoms with Gasteiger partial charge in [0.1, 0.15) is 5.84 Å². The van der Waals surface area contributed by atoms with Crippen molar-refractivity contribution in [3.8, 4) is 0 Å². The van der Waals surface area contributed by atoms with Gasteiger partial charge in [0.25, 0.3) is 5.91 Å². The van der Waals surface area contributed by atoms with E-state index in [-0.39, 0.29) is 5.88 Å². The van der Waals surface area contributed by atoms with Gasteiger partial charge in [-0.3, -0.25) is 4.79 Å². The molecule has 0 radical (unpaired) electrons. The maximum Gasteiger partial charge on any atom is 0.250 e. The lowest BCUT2D eigenvalue weighted by atomic mass is 10.1. The molecule has 0 bridgehead atoms. The molecule has 1 amide bonds. The van der Waals surface area contributed by atoms with Crippen molar-refractivity contribution >= 4 is 34.7 Å². The molecule has 1 heterocycles. The van der Waals surface area contributed by atoms with Gasteiger partial charge in [-0.05, 0) is 31.0 Å². The molecule has 2 rings (SSSR count). The number of amides is 1. The number of alkyl halides is 1. The number of amidine groups is 1. The zero-order valence-corrected chi connectivity index (χ0v) is 11.4. The molecule has 0 aliphatic carbocycles. The van der Waals surface area contributed by atoms with Crippen molar-refractivity contribution < 1.29 is 4.79 Å².